The highest BCUT2D eigenvalue weighted by atomic mass is 79.9. The molecule has 1 atom stereocenters. The molecule has 1 unspecified atom stereocenters. The van der Waals surface area contributed by atoms with Crippen molar-refractivity contribution in [2.75, 3.05) is 6.16 Å². The normalized spacial score (nSPS) is 21.1. The quantitative estimate of drug-likeness (QED) is 0.733. The summed E-state index contributed by atoms with van der Waals surface area (Å²) in [6.07, 6.45) is 0.688. The molecular weight excluding hydrogens is 295 g/mol. The van der Waals surface area contributed by atoms with E-state index >= 15 is 0 Å². The molecule has 0 saturated carbocycles. The third-order valence-electron chi connectivity index (χ3n) is 3.38. The van der Waals surface area contributed by atoms with Gasteiger partial charge in [0.15, 0.2) is 0 Å². The van der Waals surface area contributed by atoms with Crippen LogP contribution in [0.3, 0.4) is 0 Å². The van der Waals surface area contributed by atoms with Gasteiger partial charge in [-0.3, -0.25) is 0 Å². The molecule has 0 saturated heterocycles. The molecule has 1 heterocycles. The first kappa shape index (κ1) is 11.3. The van der Waals surface area contributed by atoms with Gasteiger partial charge in [-0.05, 0) is 23.3 Å². The standard InChI is InChI=1S/C14H12BrOP/c1-2-17(16)13-6-4-3-5-11(13)12-8-7-10(15)9-14(12)17/h3-9H,2H2,1H3. The van der Waals surface area contributed by atoms with Gasteiger partial charge in [-0.25, -0.2) is 0 Å². The lowest BCUT2D eigenvalue weighted by atomic mass is 10.1. The van der Waals surface area contributed by atoms with Gasteiger partial charge in [-0.1, -0.05) is 53.2 Å². The largest absolute Gasteiger partial charge is 0.314 e. The Morgan fingerprint density at radius 1 is 1.06 bits per heavy atom. The van der Waals surface area contributed by atoms with Gasteiger partial charge in [-0.2, -0.15) is 0 Å². The van der Waals surface area contributed by atoms with Crippen LogP contribution < -0.4 is 10.6 Å². The van der Waals surface area contributed by atoms with E-state index in [0.29, 0.717) is 6.16 Å². The van der Waals surface area contributed by atoms with E-state index in [9.17, 15) is 4.57 Å². The van der Waals surface area contributed by atoms with Crippen LogP contribution in [0.4, 0.5) is 0 Å². The minimum absolute atomic E-state index is 0.688. The zero-order valence-electron chi connectivity index (χ0n) is 9.48. The van der Waals surface area contributed by atoms with Crippen LogP contribution in [0.5, 0.6) is 0 Å². The maximum Gasteiger partial charge on any atom is 0.144 e. The summed E-state index contributed by atoms with van der Waals surface area (Å²) >= 11 is 3.47. The predicted octanol–water partition coefficient (Wildman–Crippen LogP) is 3.76. The molecule has 0 amide bonds. The lowest BCUT2D eigenvalue weighted by molar-refractivity contribution is 0.588. The molecule has 1 aliphatic heterocycles. The maximum absolute atomic E-state index is 13.2. The van der Waals surface area contributed by atoms with Gasteiger partial charge < -0.3 is 4.57 Å². The molecule has 86 valence electrons. The van der Waals surface area contributed by atoms with Crippen molar-refractivity contribution in [3.8, 4) is 11.1 Å². The molecule has 0 spiro atoms. The average Bonchev–Trinajstić information content (AvgIpc) is 2.61. The fourth-order valence-electron chi connectivity index (χ4n) is 2.52. The minimum Gasteiger partial charge on any atom is -0.314 e. The Morgan fingerprint density at radius 3 is 2.53 bits per heavy atom. The summed E-state index contributed by atoms with van der Waals surface area (Å²) in [7, 11) is -2.39. The van der Waals surface area contributed by atoms with Gasteiger partial charge in [0, 0.05) is 21.2 Å². The van der Waals surface area contributed by atoms with Crippen LogP contribution in [-0.2, 0) is 4.57 Å². The highest BCUT2D eigenvalue weighted by molar-refractivity contribution is 9.10. The fraction of sp³-hybridized carbons (Fsp3) is 0.143. The van der Waals surface area contributed by atoms with E-state index in [2.05, 4.69) is 28.1 Å². The summed E-state index contributed by atoms with van der Waals surface area (Å²) in [5.74, 6) is 0. The van der Waals surface area contributed by atoms with E-state index in [-0.39, 0.29) is 0 Å². The summed E-state index contributed by atoms with van der Waals surface area (Å²) in [4.78, 5) is 0. The second-order valence-corrected chi connectivity index (χ2v) is 8.23. The number of hydrogen-bond acceptors (Lipinski definition) is 1. The number of halogens is 1. The van der Waals surface area contributed by atoms with E-state index < -0.39 is 7.14 Å². The molecular formula is C14H12BrOP. The van der Waals surface area contributed by atoms with Gasteiger partial charge in [0.25, 0.3) is 0 Å². The lowest BCUT2D eigenvalue weighted by Crippen LogP contribution is -2.11. The molecule has 0 N–H and O–H groups in total. The smallest absolute Gasteiger partial charge is 0.144 e. The molecule has 0 radical (unpaired) electrons. The first-order valence-electron chi connectivity index (χ1n) is 5.66. The van der Waals surface area contributed by atoms with E-state index in [1.165, 1.54) is 0 Å². The summed E-state index contributed by atoms with van der Waals surface area (Å²) in [5, 5.41) is 2.03. The molecule has 0 aromatic heterocycles. The minimum atomic E-state index is -2.39. The Bertz CT molecular complexity index is 648. The zero-order valence-corrected chi connectivity index (χ0v) is 12.0. The Kier molecular flexibility index (Phi) is 2.53. The fourth-order valence-corrected chi connectivity index (χ4v) is 5.84. The van der Waals surface area contributed by atoms with Crippen molar-refractivity contribution in [1.82, 2.24) is 0 Å². The Labute approximate surface area is 109 Å². The predicted molar refractivity (Wildman–Crippen MR) is 77.0 cm³/mol. The third-order valence-corrected chi connectivity index (χ3v) is 7.08. The monoisotopic (exact) mass is 306 g/mol. The van der Waals surface area contributed by atoms with Crippen LogP contribution in [0.15, 0.2) is 46.9 Å². The van der Waals surface area contributed by atoms with Crippen LogP contribution in [0.25, 0.3) is 11.1 Å². The average molecular weight is 307 g/mol. The van der Waals surface area contributed by atoms with E-state index in [4.69, 9.17) is 0 Å². The third kappa shape index (κ3) is 1.47. The highest BCUT2D eigenvalue weighted by Crippen LogP contribution is 2.52. The summed E-state index contributed by atoms with van der Waals surface area (Å²) < 4.78 is 14.2. The first-order chi connectivity index (χ1) is 8.16. The Balaban J connectivity index is 2.42. The van der Waals surface area contributed by atoms with E-state index in [0.717, 1.165) is 26.2 Å². The maximum atomic E-state index is 13.2. The molecule has 0 fully saturated rings. The van der Waals surface area contributed by atoms with Crippen molar-refractivity contribution in [3.63, 3.8) is 0 Å². The first-order valence-corrected chi connectivity index (χ1v) is 8.34. The Hall–Kier alpha value is -0.850. The number of benzene rings is 2. The second kappa shape index (κ2) is 3.83. The second-order valence-electron chi connectivity index (χ2n) is 4.23. The number of hydrogen-bond donors (Lipinski definition) is 0. The van der Waals surface area contributed by atoms with Gasteiger partial charge >= 0.3 is 0 Å². The molecule has 1 aliphatic rings. The summed E-state index contributed by atoms with van der Waals surface area (Å²) in [5.41, 5.74) is 2.27. The molecule has 0 bridgehead atoms. The highest BCUT2D eigenvalue weighted by Gasteiger charge is 2.36. The van der Waals surface area contributed by atoms with Crippen LogP contribution in [0.2, 0.25) is 0 Å². The van der Waals surface area contributed by atoms with Gasteiger partial charge in [0.05, 0.1) is 0 Å². The van der Waals surface area contributed by atoms with E-state index in [1.807, 2.05) is 37.3 Å². The number of rotatable bonds is 1. The van der Waals surface area contributed by atoms with Crippen molar-refractivity contribution in [1.29, 1.82) is 0 Å². The van der Waals surface area contributed by atoms with Crippen LogP contribution in [0, 0.1) is 0 Å². The van der Waals surface area contributed by atoms with Crippen molar-refractivity contribution >= 4 is 33.7 Å². The van der Waals surface area contributed by atoms with Gasteiger partial charge in [0.1, 0.15) is 7.14 Å². The SMILES string of the molecule is CCP1(=O)c2ccccc2-c2ccc(Br)cc21. The molecule has 0 aliphatic carbocycles. The molecule has 2 aromatic rings. The molecule has 17 heavy (non-hydrogen) atoms. The molecule has 2 aromatic carbocycles. The van der Waals surface area contributed by atoms with Crippen molar-refractivity contribution in [2.24, 2.45) is 0 Å². The van der Waals surface area contributed by atoms with Gasteiger partial charge in [-0.15, -0.1) is 0 Å². The van der Waals surface area contributed by atoms with Gasteiger partial charge in [0.2, 0.25) is 0 Å². The molecule has 3 heteroatoms. The summed E-state index contributed by atoms with van der Waals surface area (Å²) in [6, 6.07) is 14.1. The van der Waals surface area contributed by atoms with Crippen molar-refractivity contribution in [3.05, 3.63) is 46.9 Å². The van der Waals surface area contributed by atoms with E-state index in [1.54, 1.807) is 0 Å². The topological polar surface area (TPSA) is 17.1 Å². The van der Waals surface area contributed by atoms with Crippen LogP contribution >= 0.6 is 23.1 Å². The van der Waals surface area contributed by atoms with Crippen LogP contribution in [0.1, 0.15) is 6.92 Å². The van der Waals surface area contributed by atoms with Crippen molar-refractivity contribution < 1.29 is 4.57 Å². The van der Waals surface area contributed by atoms with Crippen molar-refractivity contribution in [2.45, 2.75) is 6.92 Å². The zero-order chi connectivity index (χ0) is 12.0. The van der Waals surface area contributed by atoms with Crippen LogP contribution in [-0.4, -0.2) is 6.16 Å². The Morgan fingerprint density at radius 2 is 1.76 bits per heavy atom. The molecule has 1 nitrogen and oxygen atoms in total. The number of fused-ring (bicyclic) bond motifs is 3. The summed E-state index contributed by atoms with van der Waals surface area (Å²) in [6.45, 7) is 2.01. The lowest BCUT2D eigenvalue weighted by Gasteiger charge is -2.12. The molecule has 3 rings (SSSR count).